The molecule has 1 aliphatic heterocycles. The summed E-state index contributed by atoms with van der Waals surface area (Å²) >= 11 is 0. The monoisotopic (exact) mass is 351 g/mol. The van der Waals surface area contributed by atoms with E-state index in [-0.39, 0.29) is 20.1 Å². The van der Waals surface area contributed by atoms with Gasteiger partial charge < -0.3 is 4.74 Å². The fourth-order valence-electron chi connectivity index (χ4n) is 1.04. The Morgan fingerprint density at radius 1 is 1.38 bits per heavy atom. The Hall–Kier alpha value is -0.921. The smallest absolute Gasteiger partial charge is 0.169 e. The van der Waals surface area contributed by atoms with Crippen LogP contribution in [-0.2, 0) is 24.8 Å². The van der Waals surface area contributed by atoms with Crippen LogP contribution in [0.3, 0.4) is 0 Å². The molecule has 0 aromatic heterocycles. The van der Waals surface area contributed by atoms with E-state index in [0.29, 0.717) is 6.73 Å². The molecular weight excluding hydrogens is 342 g/mol. The summed E-state index contributed by atoms with van der Waals surface area (Å²) in [5, 5.41) is 0. The largest absolute Gasteiger partial charge is 0.481 e. The van der Waals surface area contributed by atoms with E-state index in [0.717, 1.165) is 11.3 Å². The first-order chi connectivity index (χ1) is 5.97. The van der Waals surface area contributed by atoms with E-state index in [1.165, 1.54) is 0 Å². The van der Waals surface area contributed by atoms with Gasteiger partial charge in [-0.15, -0.1) is 35.9 Å². The van der Waals surface area contributed by atoms with Crippen molar-refractivity contribution in [2.45, 2.75) is 0 Å². The van der Waals surface area contributed by atoms with Crippen molar-refractivity contribution < 1.29 is 24.8 Å². The summed E-state index contributed by atoms with van der Waals surface area (Å²) in [7, 11) is 0. The van der Waals surface area contributed by atoms with Crippen molar-refractivity contribution in [1.82, 2.24) is 0 Å². The second kappa shape index (κ2) is 4.95. The molecule has 2 rings (SSSR count). The number of hydrogen-bond donors (Lipinski definition) is 0. The molecule has 0 aliphatic carbocycles. The van der Waals surface area contributed by atoms with Crippen molar-refractivity contribution >= 4 is 5.71 Å². The van der Waals surface area contributed by atoms with E-state index < -0.39 is 0 Å². The van der Waals surface area contributed by atoms with Crippen molar-refractivity contribution in [2.75, 3.05) is 6.73 Å². The molecular formula is C10H8IrNO-. The first-order valence-electron chi connectivity index (χ1n) is 3.76. The molecule has 1 heterocycles. The van der Waals surface area contributed by atoms with Gasteiger partial charge in [-0.3, -0.25) is 4.99 Å². The third kappa shape index (κ3) is 2.51. The van der Waals surface area contributed by atoms with Crippen molar-refractivity contribution in [3.05, 3.63) is 48.2 Å². The summed E-state index contributed by atoms with van der Waals surface area (Å²) in [5.41, 5.74) is 1.94. The normalized spacial score (nSPS) is 14.0. The van der Waals surface area contributed by atoms with Gasteiger partial charge in [-0.25, -0.2) is 0 Å². The average Bonchev–Trinajstić information content (AvgIpc) is 2.21. The molecule has 0 saturated carbocycles. The third-order valence-electron chi connectivity index (χ3n) is 1.62. The Labute approximate surface area is 90.7 Å². The standard InChI is InChI=1S/C10H8NO.Ir/c1-2-4-9(5-3-1)10-6-7-12-8-11-10;/h1-4,6-7H,8H2;/q-1;. The molecule has 13 heavy (non-hydrogen) atoms. The number of nitrogens with zero attached hydrogens (tertiary/aromatic N) is 1. The predicted octanol–water partition coefficient (Wildman–Crippen LogP) is 1.77. The average molecular weight is 350 g/mol. The van der Waals surface area contributed by atoms with Gasteiger partial charge in [0.05, 0.1) is 6.26 Å². The Morgan fingerprint density at radius 3 is 2.92 bits per heavy atom. The van der Waals surface area contributed by atoms with Crippen LogP contribution in [0.4, 0.5) is 0 Å². The predicted molar refractivity (Wildman–Crippen MR) is 46.9 cm³/mol. The summed E-state index contributed by atoms with van der Waals surface area (Å²) in [5.74, 6) is 0. The van der Waals surface area contributed by atoms with E-state index in [9.17, 15) is 0 Å². The number of aliphatic imine (C=N–C) groups is 1. The number of benzene rings is 1. The van der Waals surface area contributed by atoms with E-state index in [1.807, 2.05) is 30.3 Å². The quantitative estimate of drug-likeness (QED) is 0.708. The zero-order valence-corrected chi connectivity index (χ0v) is 9.26. The molecule has 0 fully saturated rings. The molecule has 1 radical (unpaired) electrons. The van der Waals surface area contributed by atoms with E-state index in [1.54, 1.807) is 6.26 Å². The molecule has 0 amide bonds. The summed E-state index contributed by atoms with van der Waals surface area (Å²) in [6.45, 7) is 0.411. The van der Waals surface area contributed by atoms with Gasteiger partial charge in [-0.05, 0) is 11.8 Å². The van der Waals surface area contributed by atoms with Gasteiger partial charge in [-0.1, -0.05) is 0 Å². The molecule has 0 atom stereocenters. The fraction of sp³-hybridized carbons (Fsp3) is 0.100. The molecule has 0 N–H and O–H groups in total. The van der Waals surface area contributed by atoms with Crippen molar-refractivity contribution in [1.29, 1.82) is 0 Å². The van der Waals surface area contributed by atoms with Gasteiger partial charge in [0, 0.05) is 20.1 Å². The Bertz CT molecular complexity index is 319. The minimum Gasteiger partial charge on any atom is -0.481 e. The molecule has 3 heteroatoms. The van der Waals surface area contributed by atoms with Gasteiger partial charge in [-0.2, -0.15) is 0 Å². The minimum absolute atomic E-state index is 0. The van der Waals surface area contributed by atoms with Gasteiger partial charge >= 0.3 is 0 Å². The minimum atomic E-state index is 0. The second-order valence-corrected chi connectivity index (χ2v) is 2.42. The topological polar surface area (TPSA) is 21.6 Å². The van der Waals surface area contributed by atoms with Crippen LogP contribution in [0.15, 0.2) is 41.6 Å². The molecule has 1 aromatic carbocycles. The molecule has 69 valence electrons. The molecule has 0 spiro atoms. The fourth-order valence-corrected chi connectivity index (χ4v) is 1.04. The van der Waals surface area contributed by atoms with E-state index in [2.05, 4.69) is 11.1 Å². The van der Waals surface area contributed by atoms with Crippen LogP contribution in [0.5, 0.6) is 0 Å². The molecule has 0 bridgehead atoms. The van der Waals surface area contributed by atoms with Crippen molar-refractivity contribution in [3.8, 4) is 0 Å². The van der Waals surface area contributed by atoms with Gasteiger partial charge in [0.2, 0.25) is 0 Å². The van der Waals surface area contributed by atoms with Crippen LogP contribution >= 0.6 is 0 Å². The number of allylic oxidation sites excluding steroid dienone is 1. The van der Waals surface area contributed by atoms with Crippen LogP contribution in [-0.4, -0.2) is 12.4 Å². The molecule has 0 unspecified atom stereocenters. The number of rotatable bonds is 1. The van der Waals surface area contributed by atoms with Gasteiger partial charge in [0.25, 0.3) is 0 Å². The van der Waals surface area contributed by atoms with Gasteiger partial charge in [0.15, 0.2) is 6.73 Å². The Morgan fingerprint density at radius 2 is 2.31 bits per heavy atom. The number of ether oxygens (including phenoxy) is 1. The molecule has 1 aromatic rings. The maximum atomic E-state index is 4.94. The van der Waals surface area contributed by atoms with Crippen LogP contribution in [0.1, 0.15) is 5.56 Å². The van der Waals surface area contributed by atoms with Crippen molar-refractivity contribution in [3.63, 3.8) is 0 Å². The first-order valence-corrected chi connectivity index (χ1v) is 3.76. The number of hydrogen-bond acceptors (Lipinski definition) is 2. The Kier molecular flexibility index (Phi) is 3.87. The summed E-state index contributed by atoms with van der Waals surface area (Å²) in [6, 6.07) is 10.9. The van der Waals surface area contributed by atoms with Crippen LogP contribution in [0.2, 0.25) is 0 Å². The maximum Gasteiger partial charge on any atom is 0.169 e. The zero-order valence-electron chi connectivity index (χ0n) is 6.86. The summed E-state index contributed by atoms with van der Waals surface area (Å²) in [4.78, 5) is 4.18. The third-order valence-corrected chi connectivity index (χ3v) is 1.62. The summed E-state index contributed by atoms with van der Waals surface area (Å²) in [6.07, 6.45) is 3.50. The van der Waals surface area contributed by atoms with Crippen LogP contribution < -0.4 is 0 Å². The van der Waals surface area contributed by atoms with Crippen LogP contribution in [0, 0.1) is 6.07 Å². The first kappa shape index (κ1) is 10.2. The van der Waals surface area contributed by atoms with E-state index in [4.69, 9.17) is 4.74 Å². The van der Waals surface area contributed by atoms with E-state index >= 15 is 0 Å². The second-order valence-electron chi connectivity index (χ2n) is 2.42. The Balaban J connectivity index is 0.000000845. The zero-order chi connectivity index (χ0) is 8.23. The molecule has 2 nitrogen and oxygen atoms in total. The molecule has 0 saturated heterocycles. The van der Waals surface area contributed by atoms with Gasteiger partial charge in [0.1, 0.15) is 0 Å². The SMILES string of the molecule is [Ir].[c-]1ccccc1C1=NCOC=C1. The molecule has 1 aliphatic rings. The summed E-state index contributed by atoms with van der Waals surface area (Å²) < 4.78 is 4.94. The van der Waals surface area contributed by atoms with Crippen molar-refractivity contribution in [2.24, 2.45) is 4.99 Å². The van der Waals surface area contributed by atoms with Crippen LogP contribution in [0.25, 0.3) is 0 Å². The maximum absolute atomic E-state index is 4.94.